The van der Waals surface area contributed by atoms with Crippen LogP contribution in [0.15, 0.2) is 42.5 Å². The highest BCUT2D eigenvalue weighted by Gasteiger charge is 2.30. The van der Waals surface area contributed by atoms with Crippen LogP contribution >= 0.6 is 0 Å². The van der Waals surface area contributed by atoms with E-state index < -0.39 is 12.0 Å². The molecule has 0 saturated heterocycles. The van der Waals surface area contributed by atoms with Crippen LogP contribution in [0, 0.1) is 5.82 Å². The van der Waals surface area contributed by atoms with Crippen molar-refractivity contribution in [1.82, 2.24) is 10.6 Å². The third kappa shape index (κ3) is 8.03. The van der Waals surface area contributed by atoms with Crippen molar-refractivity contribution in [2.75, 3.05) is 39.5 Å². The molecule has 0 fully saturated rings. The number of halogens is 1. The van der Waals surface area contributed by atoms with Gasteiger partial charge in [0.25, 0.3) is 5.91 Å². The number of carbonyl (C=O) groups is 3. The Labute approximate surface area is 208 Å². The van der Waals surface area contributed by atoms with E-state index in [-0.39, 0.29) is 69.4 Å². The van der Waals surface area contributed by atoms with Gasteiger partial charge in [-0.3, -0.25) is 14.4 Å². The van der Waals surface area contributed by atoms with Gasteiger partial charge in [-0.05, 0) is 36.2 Å². The molecule has 2 aromatic rings. The van der Waals surface area contributed by atoms with Gasteiger partial charge >= 0.3 is 0 Å². The molecular weight excluding hydrogens is 471 g/mol. The van der Waals surface area contributed by atoms with Gasteiger partial charge in [-0.15, -0.1) is 0 Å². The molecule has 2 amide bonds. The number of fused-ring (bicyclic) bond motifs is 1. The van der Waals surface area contributed by atoms with E-state index in [0.717, 1.165) is 0 Å². The van der Waals surface area contributed by atoms with Crippen LogP contribution in [0.4, 0.5) is 4.39 Å². The summed E-state index contributed by atoms with van der Waals surface area (Å²) in [4.78, 5) is 36.5. The number of nitrogens with one attached hydrogen (secondary N) is 2. The third-order valence-electron chi connectivity index (χ3n) is 5.63. The number of hydrogen-bond acceptors (Lipinski definition) is 7. The maximum Gasteiger partial charge on any atom is 0.258 e. The van der Waals surface area contributed by atoms with Crippen molar-refractivity contribution in [2.45, 2.75) is 31.8 Å². The lowest BCUT2D eigenvalue weighted by Gasteiger charge is -2.24. The second-order valence-corrected chi connectivity index (χ2v) is 8.30. The summed E-state index contributed by atoms with van der Waals surface area (Å²) in [5, 5.41) is 14.7. The number of Topliss-reactive ketones (excluding diaryl/α,β-unsaturated/α-hetero) is 1. The number of ether oxygens (including phenoxy) is 3. The van der Waals surface area contributed by atoms with Crippen molar-refractivity contribution in [1.29, 1.82) is 0 Å². The molecule has 2 aromatic carbocycles. The molecule has 9 nitrogen and oxygen atoms in total. The van der Waals surface area contributed by atoms with Gasteiger partial charge in [-0.2, -0.15) is 0 Å². The lowest BCUT2D eigenvalue weighted by atomic mass is 9.89. The predicted octanol–water partition coefficient (Wildman–Crippen LogP) is 1.97. The van der Waals surface area contributed by atoms with Gasteiger partial charge in [0.15, 0.2) is 12.4 Å². The zero-order valence-electron chi connectivity index (χ0n) is 20.1. The van der Waals surface area contributed by atoms with Crippen LogP contribution in [-0.2, 0) is 14.3 Å². The van der Waals surface area contributed by atoms with Crippen LogP contribution in [0.5, 0.6) is 11.5 Å². The first-order valence-electron chi connectivity index (χ1n) is 11.9. The fourth-order valence-corrected chi connectivity index (χ4v) is 3.49. The topological polar surface area (TPSA) is 123 Å². The molecule has 3 rings (SSSR count). The molecule has 3 N–H and O–H groups in total. The number of benzene rings is 2. The highest BCUT2D eigenvalue weighted by atomic mass is 19.1. The van der Waals surface area contributed by atoms with E-state index in [9.17, 15) is 23.9 Å². The predicted molar refractivity (Wildman–Crippen MR) is 129 cm³/mol. The number of ketones is 1. The first-order valence-corrected chi connectivity index (χ1v) is 11.9. The van der Waals surface area contributed by atoms with Gasteiger partial charge in [0.1, 0.15) is 23.9 Å². The van der Waals surface area contributed by atoms with Crippen LogP contribution in [0.3, 0.4) is 0 Å². The largest absolute Gasteiger partial charge is 0.492 e. The van der Waals surface area contributed by atoms with E-state index in [1.54, 1.807) is 30.3 Å². The zero-order valence-corrected chi connectivity index (χ0v) is 20.1. The molecule has 0 aliphatic carbocycles. The van der Waals surface area contributed by atoms with Gasteiger partial charge in [0.2, 0.25) is 5.91 Å². The standard InChI is InChI=1S/C26H31FN2O7/c1-2-19(30)14-29-24(31)9-11-34-12-10-28-25(32)16-35-20-7-8-21-23(13-20)36-15-22(26(21)33)17-3-5-18(27)6-4-17/h3-8,13,19,22,30H,2,9-12,14-16H2,1H3,(H,28,32)(H,29,31). The second-order valence-electron chi connectivity index (χ2n) is 8.30. The Bertz CT molecular complexity index is 1050. The van der Waals surface area contributed by atoms with E-state index in [0.29, 0.717) is 29.0 Å². The van der Waals surface area contributed by atoms with E-state index in [4.69, 9.17) is 14.2 Å². The number of hydrogen-bond donors (Lipinski definition) is 3. The van der Waals surface area contributed by atoms with Crippen LogP contribution in [0.1, 0.15) is 41.6 Å². The molecule has 2 unspecified atom stereocenters. The summed E-state index contributed by atoms with van der Waals surface area (Å²) in [6.07, 6.45) is 0.185. The summed E-state index contributed by atoms with van der Waals surface area (Å²) in [6, 6.07) is 10.5. The molecule has 0 radical (unpaired) electrons. The lowest BCUT2D eigenvalue weighted by molar-refractivity contribution is -0.124. The number of aliphatic hydroxyl groups is 1. The van der Waals surface area contributed by atoms with E-state index in [1.165, 1.54) is 12.1 Å². The van der Waals surface area contributed by atoms with Crippen molar-refractivity contribution in [3.05, 3.63) is 59.4 Å². The van der Waals surface area contributed by atoms with Gasteiger partial charge in [-0.1, -0.05) is 19.1 Å². The van der Waals surface area contributed by atoms with Crippen molar-refractivity contribution in [3.8, 4) is 11.5 Å². The molecule has 36 heavy (non-hydrogen) atoms. The Morgan fingerprint density at radius 1 is 1.14 bits per heavy atom. The minimum atomic E-state index is -0.552. The minimum Gasteiger partial charge on any atom is -0.492 e. The molecule has 0 aromatic heterocycles. The summed E-state index contributed by atoms with van der Waals surface area (Å²) >= 11 is 0. The SMILES string of the molecule is CCC(O)CNC(=O)CCOCCNC(=O)COc1ccc2c(c1)OCC(c1ccc(F)cc1)C2=O. The van der Waals surface area contributed by atoms with Gasteiger partial charge in [0, 0.05) is 25.6 Å². The summed E-state index contributed by atoms with van der Waals surface area (Å²) in [7, 11) is 0. The highest BCUT2D eigenvalue weighted by Crippen LogP contribution is 2.34. The fraction of sp³-hybridized carbons (Fsp3) is 0.423. The Morgan fingerprint density at radius 3 is 2.67 bits per heavy atom. The van der Waals surface area contributed by atoms with Crippen molar-refractivity contribution in [3.63, 3.8) is 0 Å². The molecule has 1 aliphatic heterocycles. The lowest BCUT2D eigenvalue weighted by Crippen LogP contribution is -2.33. The average molecular weight is 503 g/mol. The first kappa shape index (κ1) is 27.1. The van der Waals surface area contributed by atoms with Gasteiger partial charge in [0.05, 0.1) is 30.8 Å². The van der Waals surface area contributed by atoms with Crippen molar-refractivity contribution >= 4 is 17.6 Å². The normalized spacial score (nSPS) is 15.4. The van der Waals surface area contributed by atoms with Crippen molar-refractivity contribution in [2.24, 2.45) is 0 Å². The molecule has 2 atom stereocenters. The molecule has 1 heterocycles. The molecule has 0 bridgehead atoms. The maximum atomic E-state index is 13.2. The van der Waals surface area contributed by atoms with Crippen LogP contribution < -0.4 is 20.1 Å². The third-order valence-corrected chi connectivity index (χ3v) is 5.63. The second kappa shape index (κ2) is 13.6. The van der Waals surface area contributed by atoms with E-state index >= 15 is 0 Å². The van der Waals surface area contributed by atoms with Crippen molar-refractivity contribution < 1.29 is 38.1 Å². The summed E-state index contributed by atoms with van der Waals surface area (Å²) in [5.74, 6) is -0.807. The quantitative estimate of drug-likeness (QED) is 0.358. The molecule has 194 valence electrons. The van der Waals surface area contributed by atoms with Crippen LogP contribution in [0.2, 0.25) is 0 Å². The minimum absolute atomic E-state index is 0.122. The van der Waals surface area contributed by atoms with Gasteiger partial charge in [-0.25, -0.2) is 4.39 Å². The Kier molecular flexibility index (Phi) is 10.2. The zero-order chi connectivity index (χ0) is 25.9. The average Bonchev–Trinajstić information content (AvgIpc) is 2.88. The Hall–Kier alpha value is -3.50. The summed E-state index contributed by atoms with van der Waals surface area (Å²) in [6.45, 7) is 2.64. The highest BCUT2D eigenvalue weighted by molar-refractivity contribution is 6.04. The molecule has 0 spiro atoms. The first-order chi connectivity index (χ1) is 17.4. The Balaban J connectivity index is 1.34. The smallest absolute Gasteiger partial charge is 0.258 e. The van der Waals surface area contributed by atoms with E-state index in [1.807, 2.05) is 6.92 Å². The van der Waals surface area contributed by atoms with Crippen LogP contribution in [0.25, 0.3) is 0 Å². The van der Waals surface area contributed by atoms with Crippen LogP contribution in [-0.4, -0.2) is 68.3 Å². The number of carbonyl (C=O) groups excluding carboxylic acids is 3. The number of aliphatic hydroxyl groups excluding tert-OH is 1. The molecular formula is C26H31FN2O7. The molecule has 0 saturated carbocycles. The number of amides is 2. The fourth-order valence-electron chi connectivity index (χ4n) is 3.49. The molecule has 1 aliphatic rings. The van der Waals surface area contributed by atoms with E-state index in [2.05, 4.69) is 10.6 Å². The maximum absolute atomic E-state index is 13.2. The van der Waals surface area contributed by atoms with Gasteiger partial charge < -0.3 is 30.0 Å². The summed E-state index contributed by atoms with van der Waals surface area (Å²) < 4.78 is 29.7. The molecule has 10 heteroatoms. The summed E-state index contributed by atoms with van der Waals surface area (Å²) in [5.41, 5.74) is 1.09. The monoisotopic (exact) mass is 502 g/mol. The Morgan fingerprint density at radius 2 is 1.92 bits per heavy atom. The number of rotatable bonds is 13.